The lowest BCUT2D eigenvalue weighted by Gasteiger charge is -2.04. The lowest BCUT2D eigenvalue weighted by atomic mass is 10.1. The van der Waals surface area contributed by atoms with Gasteiger partial charge in [0, 0.05) is 30.8 Å². The highest BCUT2D eigenvalue weighted by atomic mass is 79.9. The van der Waals surface area contributed by atoms with Gasteiger partial charge in [0.15, 0.2) is 5.78 Å². The molecule has 0 spiro atoms. The van der Waals surface area contributed by atoms with Crippen LogP contribution in [0.15, 0.2) is 28.9 Å². The number of carbonyl (C=O) groups excluding carboxylic acids is 1. The summed E-state index contributed by atoms with van der Waals surface area (Å²) in [6.07, 6.45) is 2.55. The molecule has 0 fully saturated rings. The van der Waals surface area contributed by atoms with Crippen molar-refractivity contribution >= 4 is 21.7 Å². The Morgan fingerprint density at radius 3 is 2.25 bits per heavy atom. The molecule has 16 heavy (non-hydrogen) atoms. The van der Waals surface area contributed by atoms with Crippen molar-refractivity contribution in [2.24, 2.45) is 0 Å². The molecule has 0 heterocycles. The Labute approximate surface area is 101 Å². The number of hydrogen-bond donors (Lipinski definition) is 0. The number of nitrogens with zero attached hydrogens (tertiary/aromatic N) is 1. The number of benzene rings is 1. The summed E-state index contributed by atoms with van der Waals surface area (Å²) in [4.78, 5) is 13.1. The minimum Gasteiger partial charge on any atom is -0.383 e. The van der Waals surface area contributed by atoms with Gasteiger partial charge < -0.3 is 4.90 Å². The quantitative estimate of drug-likeness (QED) is 0.630. The summed E-state index contributed by atoms with van der Waals surface area (Å²) in [5, 5.41) is 0. The van der Waals surface area contributed by atoms with Gasteiger partial charge in [-0.1, -0.05) is 15.9 Å². The Kier molecular flexibility index (Phi) is 4.18. The van der Waals surface area contributed by atoms with Gasteiger partial charge in [-0.3, -0.25) is 4.79 Å². The molecule has 0 aliphatic heterocycles. The van der Waals surface area contributed by atoms with Crippen molar-refractivity contribution < 1.29 is 13.6 Å². The third-order valence-corrected chi connectivity index (χ3v) is 2.24. The van der Waals surface area contributed by atoms with E-state index in [0.29, 0.717) is 0 Å². The van der Waals surface area contributed by atoms with E-state index < -0.39 is 23.0 Å². The Balaban J connectivity index is 3.09. The van der Waals surface area contributed by atoms with Crippen molar-refractivity contribution in [3.05, 3.63) is 46.1 Å². The summed E-state index contributed by atoms with van der Waals surface area (Å²) in [6, 6.07) is 2.11. The lowest BCUT2D eigenvalue weighted by molar-refractivity contribution is 0.103. The van der Waals surface area contributed by atoms with Gasteiger partial charge in [-0.25, -0.2) is 8.78 Å². The molecule has 0 amide bonds. The molecule has 0 aromatic heterocycles. The maximum Gasteiger partial charge on any atom is 0.193 e. The summed E-state index contributed by atoms with van der Waals surface area (Å²) in [7, 11) is 3.41. The number of ketones is 1. The molecule has 0 radical (unpaired) electrons. The van der Waals surface area contributed by atoms with Gasteiger partial charge >= 0.3 is 0 Å². The predicted octanol–water partition coefficient (Wildman–Crippen LogP) is 2.99. The van der Waals surface area contributed by atoms with E-state index in [9.17, 15) is 13.6 Å². The Morgan fingerprint density at radius 1 is 1.31 bits per heavy atom. The fourth-order valence-electron chi connectivity index (χ4n) is 1.08. The average molecular weight is 290 g/mol. The van der Waals surface area contributed by atoms with Crippen LogP contribution < -0.4 is 0 Å². The molecule has 0 saturated carbocycles. The van der Waals surface area contributed by atoms with Crippen molar-refractivity contribution in [1.82, 2.24) is 4.90 Å². The van der Waals surface area contributed by atoms with E-state index in [-0.39, 0.29) is 4.47 Å². The van der Waals surface area contributed by atoms with Crippen molar-refractivity contribution in [3.63, 3.8) is 0 Å². The molecular formula is C11H10BrF2NO. The Bertz CT molecular complexity index is 421. The summed E-state index contributed by atoms with van der Waals surface area (Å²) in [5.41, 5.74) is -0.540. The van der Waals surface area contributed by atoms with Crippen molar-refractivity contribution in [3.8, 4) is 0 Å². The summed E-state index contributed by atoms with van der Waals surface area (Å²) in [6.45, 7) is 0. The molecule has 1 aromatic carbocycles. The van der Waals surface area contributed by atoms with Crippen LogP contribution in [0.3, 0.4) is 0 Å². The second kappa shape index (κ2) is 5.21. The zero-order valence-electron chi connectivity index (χ0n) is 8.80. The van der Waals surface area contributed by atoms with E-state index in [2.05, 4.69) is 15.9 Å². The molecule has 0 aliphatic carbocycles. The summed E-state index contributed by atoms with van der Waals surface area (Å²) in [5.74, 6) is -2.45. The van der Waals surface area contributed by atoms with Gasteiger partial charge in [-0.2, -0.15) is 0 Å². The smallest absolute Gasteiger partial charge is 0.193 e. The third kappa shape index (κ3) is 3.13. The fraction of sp³-hybridized carbons (Fsp3) is 0.182. The van der Waals surface area contributed by atoms with E-state index in [0.717, 1.165) is 18.2 Å². The van der Waals surface area contributed by atoms with Crippen molar-refractivity contribution in [2.75, 3.05) is 14.1 Å². The Morgan fingerprint density at radius 2 is 1.81 bits per heavy atom. The molecule has 0 atom stereocenters. The third-order valence-electron chi connectivity index (χ3n) is 1.78. The van der Waals surface area contributed by atoms with Gasteiger partial charge in [-0.15, -0.1) is 0 Å². The second-order valence-electron chi connectivity index (χ2n) is 3.39. The molecule has 86 valence electrons. The molecule has 0 saturated heterocycles. The van der Waals surface area contributed by atoms with Gasteiger partial charge in [0.2, 0.25) is 0 Å². The standard InChI is InChI=1S/C11H10BrF2NO/c1-15(2)4-3-10(16)11-8(13)5-7(12)6-9(11)14/h3-6H,1-2H3/b4-3+. The zero-order chi connectivity index (χ0) is 12.3. The maximum absolute atomic E-state index is 13.3. The van der Waals surface area contributed by atoms with Gasteiger partial charge in [-0.05, 0) is 12.1 Å². The van der Waals surface area contributed by atoms with Crippen LogP contribution in [0.1, 0.15) is 10.4 Å². The second-order valence-corrected chi connectivity index (χ2v) is 4.30. The molecule has 0 N–H and O–H groups in total. The topological polar surface area (TPSA) is 20.3 Å². The number of rotatable bonds is 3. The highest BCUT2D eigenvalue weighted by Gasteiger charge is 2.15. The van der Waals surface area contributed by atoms with Gasteiger partial charge in [0.05, 0.1) is 5.56 Å². The molecule has 1 aromatic rings. The van der Waals surface area contributed by atoms with Crippen LogP contribution in [0.2, 0.25) is 0 Å². The molecule has 0 unspecified atom stereocenters. The first kappa shape index (κ1) is 12.8. The normalized spacial score (nSPS) is 10.8. The SMILES string of the molecule is CN(C)/C=C/C(=O)c1c(F)cc(Br)cc1F. The van der Waals surface area contributed by atoms with E-state index in [4.69, 9.17) is 0 Å². The van der Waals surface area contributed by atoms with E-state index in [1.165, 1.54) is 6.20 Å². The minimum absolute atomic E-state index is 0.260. The van der Waals surface area contributed by atoms with Crippen LogP contribution in [0, 0.1) is 11.6 Å². The minimum atomic E-state index is -0.875. The van der Waals surface area contributed by atoms with Crippen molar-refractivity contribution in [2.45, 2.75) is 0 Å². The number of hydrogen-bond acceptors (Lipinski definition) is 2. The first-order valence-corrected chi connectivity index (χ1v) is 5.24. The summed E-state index contributed by atoms with van der Waals surface area (Å²) < 4.78 is 27.0. The number of carbonyl (C=O) groups is 1. The zero-order valence-corrected chi connectivity index (χ0v) is 10.4. The van der Waals surface area contributed by atoms with Crippen LogP contribution in [0.5, 0.6) is 0 Å². The van der Waals surface area contributed by atoms with Crippen LogP contribution in [-0.2, 0) is 0 Å². The number of halogens is 3. The first-order valence-electron chi connectivity index (χ1n) is 4.45. The first-order chi connectivity index (χ1) is 7.41. The molecule has 0 bridgehead atoms. The molecule has 2 nitrogen and oxygen atoms in total. The average Bonchev–Trinajstić information content (AvgIpc) is 2.12. The van der Waals surface area contributed by atoms with Crippen LogP contribution in [0.25, 0.3) is 0 Å². The summed E-state index contributed by atoms with van der Waals surface area (Å²) >= 11 is 2.94. The largest absolute Gasteiger partial charge is 0.383 e. The highest BCUT2D eigenvalue weighted by Crippen LogP contribution is 2.20. The van der Waals surface area contributed by atoms with Crippen LogP contribution >= 0.6 is 15.9 Å². The van der Waals surface area contributed by atoms with Crippen LogP contribution in [0.4, 0.5) is 8.78 Å². The lowest BCUT2D eigenvalue weighted by Crippen LogP contribution is -2.06. The van der Waals surface area contributed by atoms with E-state index in [1.807, 2.05) is 0 Å². The Hall–Kier alpha value is -1.23. The maximum atomic E-state index is 13.3. The molecule has 5 heteroatoms. The predicted molar refractivity (Wildman–Crippen MR) is 61.2 cm³/mol. The van der Waals surface area contributed by atoms with Crippen molar-refractivity contribution in [1.29, 1.82) is 0 Å². The highest BCUT2D eigenvalue weighted by molar-refractivity contribution is 9.10. The molecule has 1 rings (SSSR count). The van der Waals surface area contributed by atoms with E-state index in [1.54, 1.807) is 19.0 Å². The van der Waals surface area contributed by atoms with E-state index >= 15 is 0 Å². The van der Waals surface area contributed by atoms with Gasteiger partial charge in [0.25, 0.3) is 0 Å². The fourth-order valence-corrected chi connectivity index (χ4v) is 1.48. The van der Waals surface area contributed by atoms with Gasteiger partial charge in [0.1, 0.15) is 11.6 Å². The van der Waals surface area contributed by atoms with Crippen LogP contribution in [-0.4, -0.2) is 24.8 Å². The number of allylic oxidation sites excluding steroid dienone is 1. The molecule has 0 aliphatic rings. The molecular weight excluding hydrogens is 280 g/mol. The monoisotopic (exact) mass is 289 g/mol.